The maximum absolute atomic E-state index is 13.3. The van der Waals surface area contributed by atoms with E-state index in [1.165, 1.54) is 12.1 Å². The van der Waals surface area contributed by atoms with Gasteiger partial charge in [0.15, 0.2) is 0 Å². The van der Waals surface area contributed by atoms with Crippen molar-refractivity contribution in [3.05, 3.63) is 35.4 Å². The average Bonchev–Trinajstić information content (AvgIpc) is 2.24. The summed E-state index contributed by atoms with van der Waals surface area (Å²) in [7, 11) is 0. The molecule has 16 heavy (non-hydrogen) atoms. The maximum atomic E-state index is 13.3. The lowest BCUT2D eigenvalue weighted by molar-refractivity contribution is 0.512. The Morgan fingerprint density at radius 1 is 1.31 bits per heavy atom. The van der Waals surface area contributed by atoms with E-state index in [-0.39, 0.29) is 17.7 Å². The molecule has 0 fully saturated rings. The Morgan fingerprint density at radius 3 is 2.75 bits per heavy atom. The van der Waals surface area contributed by atoms with E-state index in [0.29, 0.717) is 12.0 Å². The number of rotatable bonds is 6. The van der Waals surface area contributed by atoms with Gasteiger partial charge in [0.25, 0.3) is 0 Å². The monoisotopic (exact) mass is 227 g/mol. The molecule has 0 aliphatic rings. The molecule has 0 heterocycles. The molecule has 1 atom stereocenters. The molecule has 0 saturated carbocycles. The van der Waals surface area contributed by atoms with Crippen molar-refractivity contribution in [2.24, 2.45) is 0 Å². The first kappa shape index (κ1) is 13.1. The molecule has 1 aromatic carbocycles. The SMILES string of the molecule is CCCCNC(C)Cc1cc(F)ccc1F. The van der Waals surface area contributed by atoms with Crippen LogP contribution in [0.25, 0.3) is 0 Å². The molecule has 0 amide bonds. The van der Waals surface area contributed by atoms with E-state index >= 15 is 0 Å². The van der Waals surface area contributed by atoms with Crippen molar-refractivity contribution in [2.45, 2.75) is 39.2 Å². The lowest BCUT2D eigenvalue weighted by Gasteiger charge is -2.14. The molecule has 0 bridgehead atoms. The van der Waals surface area contributed by atoms with Crippen LogP contribution in [0.4, 0.5) is 8.78 Å². The van der Waals surface area contributed by atoms with Crippen LogP contribution < -0.4 is 5.32 Å². The quantitative estimate of drug-likeness (QED) is 0.735. The molecule has 1 aromatic rings. The topological polar surface area (TPSA) is 12.0 Å². The van der Waals surface area contributed by atoms with Gasteiger partial charge in [-0.3, -0.25) is 0 Å². The largest absolute Gasteiger partial charge is 0.314 e. The fourth-order valence-corrected chi connectivity index (χ4v) is 1.63. The first-order valence-electron chi connectivity index (χ1n) is 5.80. The minimum atomic E-state index is -0.378. The number of hydrogen-bond donors (Lipinski definition) is 1. The summed E-state index contributed by atoms with van der Waals surface area (Å²) in [5.74, 6) is -0.706. The van der Waals surface area contributed by atoms with Crippen molar-refractivity contribution >= 4 is 0 Å². The van der Waals surface area contributed by atoms with Crippen molar-refractivity contribution in [3.8, 4) is 0 Å². The fourth-order valence-electron chi connectivity index (χ4n) is 1.63. The maximum Gasteiger partial charge on any atom is 0.126 e. The van der Waals surface area contributed by atoms with Gasteiger partial charge < -0.3 is 5.32 Å². The van der Waals surface area contributed by atoms with E-state index in [4.69, 9.17) is 0 Å². The molecule has 0 aliphatic carbocycles. The molecule has 0 radical (unpaired) electrons. The van der Waals surface area contributed by atoms with Gasteiger partial charge in [-0.2, -0.15) is 0 Å². The van der Waals surface area contributed by atoms with E-state index in [2.05, 4.69) is 12.2 Å². The third kappa shape index (κ3) is 4.27. The number of hydrogen-bond acceptors (Lipinski definition) is 1. The zero-order valence-corrected chi connectivity index (χ0v) is 9.89. The summed E-state index contributed by atoms with van der Waals surface area (Å²) in [6.07, 6.45) is 2.76. The van der Waals surface area contributed by atoms with E-state index < -0.39 is 0 Å². The smallest absolute Gasteiger partial charge is 0.126 e. The molecule has 0 aromatic heterocycles. The molecule has 1 unspecified atom stereocenters. The number of halogens is 2. The van der Waals surface area contributed by atoms with Gasteiger partial charge in [-0.25, -0.2) is 8.78 Å². The first-order valence-corrected chi connectivity index (χ1v) is 5.80. The van der Waals surface area contributed by atoms with Crippen molar-refractivity contribution in [1.82, 2.24) is 5.32 Å². The van der Waals surface area contributed by atoms with Crippen LogP contribution in [0.5, 0.6) is 0 Å². The second-order valence-electron chi connectivity index (χ2n) is 4.15. The van der Waals surface area contributed by atoms with Crippen LogP contribution in [0.1, 0.15) is 32.3 Å². The van der Waals surface area contributed by atoms with Gasteiger partial charge in [0.1, 0.15) is 11.6 Å². The van der Waals surface area contributed by atoms with E-state index in [1.54, 1.807) is 0 Å². The van der Waals surface area contributed by atoms with Crippen molar-refractivity contribution in [1.29, 1.82) is 0 Å². The Balaban J connectivity index is 2.48. The summed E-state index contributed by atoms with van der Waals surface area (Å²) in [5, 5.41) is 3.29. The van der Waals surface area contributed by atoms with Crippen LogP contribution >= 0.6 is 0 Å². The Hall–Kier alpha value is -0.960. The average molecular weight is 227 g/mol. The highest BCUT2D eigenvalue weighted by Gasteiger charge is 2.08. The first-order chi connectivity index (χ1) is 7.63. The van der Waals surface area contributed by atoms with Crippen LogP contribution in [-0.4, -0.2) is 12.6 Å². The lowest BCUT2D eigenvalue weighted by atomic mass is 10.1. The number of unbranched alkanes of at least 4 members (excludes halogenated alkanes) is 1. The van der Waals surface area contributed by atoms with Crippen LogP contribution in [0, 0.1) is 11.6 Å². The molecule has 0 saturated heterocycles. The molecule has 0 aliphatic heterocycles. The number of benzene rings is 1. The molecule has 1 nitrogen and oxygen atoms in total. The molecule has 1 rings (SSSR count). The zero-order valence-electron chi connectivity index (χ0n) is 9.89. The highest BCUT2D eigenvalue weighted by molar-refractivity contribution is 5.19. The Kier molecular flexibility index (Phi) is 5.39. The molecular formula is C13H19F2N. The Morgan fingerprint density at radius 2 is 2.06 bits per heavy atom. The van der Waals surface area contributed by atoms with Gasteiger partial charge in [-0.15, -0.1) is 0 Å². The Bertz CT molecular complexity index is 326. The fraction of sp³-hybridized carbons (Fsp3) is 0.538. The lowest BCUT2D eigenvalue weighted by Crippen LogP contribution is -2.29. The summed E-state index contributed by atoms with van der Waals surface area (Å²) in [4.78, 5) is 0. The van der Waals surface area contributed by atoms with Gasteiger partial charge >= 0.3 is 0 Å². The molecule has 3 heteroatoms. The van der Waals surface area contributed by atoms with Crippen molar-refractivity contribution < 1.29 is 8.78 Å². The second-order valence-corrected chi connectivity index (χ2v) is 4.15. The van der Waals surface area contributed by atoms with E-state index in [1.807, 2.05) is 6.92 Å². The third-order valence-corrected chi connectivity index (χ3v) is 2.56. The highest BCUT2D eigenvalue weighted by Crippen LogP contribution is 2.11. The van der Waals surface area contributed by atoms with Crippen LogP contribution in [0.15, 0.2) is 18.2 Å². The zero-order chi connectivity index (χ0) is 12.0. The van der Waals surface area contributed by atoms with Crippen LogP contribution in [-0.2, 0) is 6.42 Å². The predicted octanol–water partition coefficient (Wildman–Crippen LogP) is 3.29. The van der Waals surface area contributed by atoms with Crippen LogP contribution in [0.2, 0.25) is 0 Å². The molecule has 90 valence electrons. The predicted molar refractivity (Wildman–Crippen MR) is 62.4 cm³/mol. The summed E-state index contributed by atoms with van der Waals surface area (Å²) in [6, 6.07) is 3.77. The number of nitrogens with one attached hydrogen (secondary N) is 1. The summed E-state index contributed by atoms with van der Waals surface area (Å²) in [6.45, 7) is 5.03. The van der Waals surface area contributed by atoms with Gasteiger partial charge in [-0.1, -0.05) is 13.3 Å². The normalized spacial score (nSPS) is 12.8. The summed E-state index contributed by atoms with van der Waals surface area (Å²) < 4.78 is 26.2. The van der Waals surface area contributed by atoms with Gasteiger partial charge in [-0.05, 0) is 50.1 Å². The molecule has 1 N–H and O–H groups in total. The summed E-state index contributed by atoms with van der Waals surface area (Å²) in [5.41, 5.74) is 0.441. The highest BCUT2D eigenvalue weighted by atomic mass is 19.1. The Labute approximate surface area is 95.9 Å². The van der Waals surface area contributed by atoms with Gasteiger partial charge in [0.05, 0.1) is 0 Å². The van der Waals surface area contributed by atoms with Crippen LogP contribution in [0.3, 0.4) is 0 Å². The third-order valence-electron chi connectivity index (χ3n) is 2.56. The van der Waals surface area contributed by atoms with Gasteiger partial charge in [0, 0.05) is 6.04 Å². The van der Waals surface area contributed by atoms with Gasteiger partial charge in [0.2, 0.25) is 0 Å². The molecule has 0 spiro atoms. The van der Waals surface area contributed by atoms with E-state index in [0.717, 1.165) is 25.5 Å². The second kappa shape index (κ2) is 6.59. The molecular weight excluding hydrogens is 208 g/mol. The van der Waals surface area contributed by atoms with Crippen molar-refractivity contribution in [3.63, 3.8) is 0 Å². The summed E-state index contributed by atoms with van der Waals surface area (Å²) >= 11 is 0. The standard InChI is InChI=1S/C13H19F2N/c1-3-4-7-16-10(2)8-11-9-12(14)5-6-13(11)15/h5-6,9-10,16H,3-4,7-8H2,1-2H3. The van der Waals surface area contributed by atoms with E-state index in [9.17, 15) is 8.78 Å². The minimum absolute atomic E-state index is 0.169. The van der Waals surface area contributed by atoms with Crippen molar-refractivity contribution in [2.75, 3.05) is 6.54 Å². The minimum Gasteiger partial charge on any atom is -0.314 e.